The molecule has 0 saturated carbocycles. The molecule has 17 heavy (non-hydrogen) atoms. The first kappa shape index (κ1) is 13.2. The largest absolute Gasteiger partial charge is 0.481 e. The number of nitrogens with zero attached hydrogens (tertiary/aromatic N) is 1. The first-order valence-corrected chi connectivity index (χ1v) is 5.58. The van der Waals surface area contributed by atoms with Crippen LogP contribution in [0, 0.1) is 0 Å². The number of pyridine rings is 1. The van der Waals surface area contributed by atoms with Crippen LogP contribution in [-0.4, -0.2) is 28.9 Å². The monoisotopic (exact) mass is 236 g/mol. The highest BCUT2D eigenvalue weighted by molar-refractivity contribution is 5.73. The predicted octanol–water partition coefficient (Wildman–Crippen LogP) is 1.37. The third-order valence-electron chi connectivity index (χ3n) is 2.28. The van der Waals surface area contributed by atoms with Gasteiger partial charge in [-0.3, -0.25) is 14.6 Å². The van der Waals surface area contributed by atoms with E-state index in [1.165, 1.54) is 0 Å². The van der Waals surface area contributed by atoms with E-state index in [0.29, 0.717) is 24.0 Å². The van der Waals surface area contributed by atoms with Crippen LogP contribution in [0.5, 0.6) is 0 Å². The lowest BCUT2D eigenvalue weighted by atomic mass is 10.2. The van der Waals surface area contributed by atoms with Crippen LogP contribution in [0.1, 0.15) is 36.0 Å². The Hall–Kier alpha value is -1.91. The Balaban J connectivity index is 2.32. The Morgan fingerprint density at radius 3 is 2.94 bits per heavy atom. The first-order chi connectivity index (χ1) is 8.22. The molecule has 0 aromatic carbocycles. The van der Waals surface area contributed by atoms with E-state index in [0.717, 1.165) is 19.1 Å². The summed E-state index contributed by atoms with van der Waals surface area (Å²) in [6, 6.07) is 3.36. The second kappa shape index (κ2) is 7.38. The molecule has 0 aliphatic rings. The second-order valence-electron chi connectivity index (χ2n) is 3.71. The molecule has 0 amide bonds. The van der Waals surface area contributed by atoms with Crippen molar-refractivity contribution in [3.63, 3.8) is 0 Å². The number of carboxylic acids is 1. The average Bonchev–Trinajstić information content (AvgIpc) is 2.33. The number of hydrogen-bond donors (Lipinski definition) is 2. The number of H-pyrrole nitrogens is 1. The first-order valence-electron chi connectivity index (χ1n) is 5.58. The molecule has 0 unspecified atom stereocenters. The lowest BCUT2D eigenvalue weighted by Gasteiger charge is -1.96. The van der Waals surface area contributed by atoms with Crippen LogP contribution in [0.4, 0.5) is 0 Å². The van der Waals surface area contributed by atoms with Gasteiger partial charge in [-0.2, -0.15) is 0 Å². The van der Waals surface area contributed by atoms with Crippen LogP contribution in [0.2, 0.25) is 0 Å². The van der Waals surface area contributed by atoms with Crippen LogP contribution >= 0.6 is 0 Å². The van der Waals surface area contributed by atoms with Gasteiger partial charge in [-0.25, -0.2) is 0 Å². The molecule has 2 N–H and O–H groups in total. The summed E-state index contributed by atoms with van der Waals surface area (Å²) in [7, 11) is 0. The van der Waals surface area contributed by atoms with Crippen molar-refractivity contribution in [3.05, 3.63) is 29.4 Å². The van der Waals surface area contributed by atoms with Gasteiger partial charge >= 0.3 is 5.97 Å². The summed E-state index contributed by atoms with van der Waals surface area (Å²) in [6.45, 7) is 0.637. The van der Waals surface area contributed by atoms with Crippen molar-refractivity contribution in [2.75, 3.05) is 6.54 Å². The molecule has 0 saturated heterocycles. The summed E-state index contributed by atoms with van der Waals surface area (Å²) in [4.78, 5) is 28.0. The highest BCUT2D eigenvalue weighted by Crippen LogP contribution is 1.99. The van der Waals surface area contributed by atoms with Crippen molar-refractivity contribution < 1.29 is 14.7 Å². The molecule has 0 spiro atoms. The molecule has 0 aliphatic carbocycles. The van der Waals surface area contributed by atoms with Gasteiger partial charge in [0.05, 0.1) is 0 Å². The second-order valence-corrected chi connectivity index (χ2v) is 3.71. The minimum atomic E-state index is -0.756. The van der Waals surface area contributed by atoms with Crippen molar-refractivity contribution >= 4 is 12.3 Å². The van der Waals surface area contributed by atoms with Gasteiger partial charge in [-0.1, -0.05) is 6.42 Å². The summed E-state index contributed by atoms with van der Waals surface area (Å²) >= 11 is 0. The molecule has 5 nitrogen and oxygen atoms in total. The normalized spacial score (nSPS) is 11.4. The minimum Gasteiger partial charge on any atom is -0.481 e. The fourth-order valence-corrected chi connectivity index (χ4v) is 1.40. The standard InChI is InChI=1S/C12H16N2O3/c15-9-10-5-7-14-11(8-10)13-6-3-1-2-4-12(16)17/h5,7-9H,1-4,6H2,(H,13,14)(H,16,17). The van der Waals surface area contributed by atoms with Gasteiger partial charge in [0.2, 0.25) is 0 Å². The fourth-order valence-electron chi connectivity index (χ4n) is 1.40. The Morgan fingerprint density at radius 1 is 1.41 bits per heavy atom. The van der Waals surface area contributed by atoms with Gasteiger partial charge in [0.25, 0.3) is 0 Å². The van der Waals surface area contributed by atoms with Gasteiger partial charge in [0.15, 0.2) is 0 Å². The van der Waals surface area contributed by atoms with Gasteiger partial charge in [0.1, 0.15) is 11.8 Å². The molecule has 0 aliphatic heterocycles. The quantitative estimate of drug-likeness (QED) is 0.554. The highest BCUT2D eigenvalue weighted by Gasteiger charge is 1.95. The van der Waals surface area contributed by atoms with E-state index in [9.17, 15) is 9.59 Å². The predicted molar refractivity (Wildman–Crippen MR) is 62.7 cm³/mol. The maximum atomic E-state index is 10.5. The number of unbranched alkanes of at least 4 members (excludes halogenated alkanes) is 2. The van der Waals surface area contributed by atoms with Gasteiger partial charge in [0, 0.05) is 24.7 Å². The molecule has 1 aromatic heterocycles. The van der Waals surface area contributed by atoms with Crippen LogP contribution in [-0.2, 0) is 4.79 Å². The number of carbonyl (C=O) groups is 2. The van der Waals surface area contributed by atoms with Crippen molar-refractivity contribution in [2.24, 2.45) is 4.99 Å². The zero-order valence-corrected chi connectivity index (χ0v) is 9.56. The number of aromatic nitrogens is 1. The number of carboxylic acid groups (broad SMARTS) is 1. The van der Waals surface area contributed by atoms with Crippen LogP contribution in [0.25, 0.3) is 0 Å². The highest BCUT2D eigenvalue weighted by atomic mass is 16.4. The van der Waals surface area contributed by atoms with Crippen LogP contribution in [0.3, 0.4) is 0 Å². The topological polar surface area (TPSA) is 82.5 Å². The molecule has 1 heterocycles. The number of aldehydes is 1. The van der Waals surface area contributed by atoms with E-state index < -0.39 is 5.97 Å². The number of rotatable bonds is 7. The Labute approximate surface area is 99.2 Å². The van der Waals surface area contributed by atoms with Gasteiger partial charge in [-0.15, -0.1) is 0 Å². The molecule has 0 atom stereocenters. The number of carbonyl (C=O) groups excluding carboxylic acids is 1. The van der Waals surface area contributed by atoms with Gasteiger partial charge in [-0.05, 0) is 25.0 Å². The van der Waals surface area contributed by atoms with Crippen LogP contribution < -0.4 is 5.49 Å². The minimum absolute atomic E-state index is 0.215. The summed E-state index contributed by atoms with van der Waals surface area (Å²) in [6.07, 6.45) is 5.05. The summed E-state index contributed by atoms with van der Waals surface area (Å²) < 4.78 is 0. The third-order valence-corrected chi connectivity index (χ3v) is 2.28. The molecule has 1 aromatic rings. The van der Waals surface area contributed by atoms with E-state index in [2.05, 4.69) is 9.98 Å². The molecule has 92 valence electrons. The SMILES string of the molecule is O=Cc1cc[nH]c(=NCCCCCC(=O)O)c1. The summed E-state index contributed by atoms with van der Waals surface area (Å²) in [5.74, 6) is -0.756. The van der Waals surface area contributed by atoms with Crippen molar-refractivity contribution in [1.82, 2.24) is 4.98 Å². The lowest BCUT2D eigenvalue weighted by molar-refractivity contribution is -0.137. The maximum absolute atomic E-state index is 10.5. The van der Waals surface area contributed by atoms with Crippen molar-refractivity contribution in [1.29, 1.82) is 0 Å². The third kappa shape index (κ3) is 5.65. The molecule has 0 bridgehead atoms. The molecular formula is C12H16N2O3. The molecule has 5 heteroatoms. The lowest BCUT2D eigenvalue weighted by Crippen LogP contribution is -2.08. The Bertz CT molecular complexity index is 437. The van der Waals surface area contributed by atoms with E-state index in [1.54, 1.807) is 18.3 Å². The van der Waals surface area contributed by atoms with E-state index >= 15 is 0 Å². The van der Waals surface area contributed by atoms with Crippen molar-refractivity contribution in [2.45, 2.75) is 25.7 Å². The zero-order valence-electron chi connectivity index (χ0n) is 9.56. The zero-order chi connectivity index (χ0) is 12.5. The number of aliphatic carboxylic acids is 1. The number of hydrogen-bond acceptors (Lipinski definition) is 3. The number of nitrogens with one attached hydrogen (secondary N) is 1. The maximum Gasteiger partial charge on any atom is 0.303 e. The Morgan fingerprint density at radius 2 is 2.24 bits per heavy atom. The summed E-state index contributed by atoms with van der Waals surface area (Å²) in [5, 5.41) is 8.44. The van der Waals surface area contributed by atoms with E-state index in [4.69, 9.17) is 5.11 Å². The molecule has 0 radical (unpaired) electrons. The fraction of sp³-hybridized carbons (Fsp3) is 0.417. The molecule has 1 rings (SSSR count). The molecule has 0 fully saturated rings. The smallest absolute Gasteiger partial charge is 0.303 e. The van der Waals surface area contributed by atoms with E-state index in [-0.39, 0.29) is 6.42 Å². The summed E-state index contributed by atoms with van der Waals surface area (Å²) in [5.41, 5.74) is 1.27. The average molecular weight is 236 g/mol. The van der Waals surface area contributed by atoms with E-state index in [1.807, 2.05) is 0 Å². The number of aromatic amines is 1. The van der Waals surface area contributed by atoms with Crippen molar-refractivity contribution in [3.8, 4) is 0 Å². The Kier molecular flexibility index (Phi) is 5.71. The van der Waals surface area contributed by atoms with Crippen LogP contribution in [0.15, 0.2) is 23.3 Å². The molecular weight excluding hydrogens is 220 g/mol. The van der Waals surface area contributed by atoms with Gasteiger partial charge < -0.3 is 10.1 Å².